The summed E-state index contributed by atoms with van der Waals surface area (Å²) in [6, 6.07) is 3.25. The van der Waals surface area contributed by atoms with Gasteiger partial charge in [-0.3, -0.25) is 4.79 Å². The predicted octanol–water partition coefficient (Wildman–Crippen LogP) is 6.30. The molecule has 0 spiro atoms. The van der Waals surface area contributed by atoms with Crippen LogP contribution in [0.3, 0.4) is 0 Å². The average molecular weight is 350 g/mol. The molecule has 0 radical (unpaired) electrons. The van der Waals surface area contributed by atoms with Crippen LogP contribution in [0.5, 0.6) is 0 Å². The van der Waals surface area contributed by atoms with Crippen LogP contribution in [0.2, 0.25) is 0 Å². The van der Waals surface area contributed by atoms with Crippen LogP contribution in [0, 0.1) is 0 Å². The van der Waals surface area contributed by atoms with Gasteiger partial charge in [0.25, 0.3) is 0 Å². The predicted molar refractivity (Wildman–Crippen MR) is 111 cm³/mol. The Morgan fingerprint density at radius 2 is 1.36 bits per heavy atom. The Hall–Kier alpha value is -1.71. The number of aryl methyl sites for hydroxylation is 1. The van der Waals surface area contributed by atoms with E-state index in [4.69, 9.17) is 0 Å². The number of aromatic amines is 1. The summed E-state index contributed by atoms with van der Waals surface area (Å²) in [5.74, 6) is 0. The quantitative estimate of drug-likeness (QED) is 0.657. The summed E-state index contributed by atoms with van der Waals surface area (Å²) in [6.07, 6.45) is 11.1. The van der Waals surface area contributed by atoms with E-state index in [0.29, 0.717) is 5.65 Å². The monoisotopic (exact) mass is 349 g/mol. The number of aromatic nitrogens is 3. The van der Waals surface area contributed by atoms with Crippen LogP contribution >= 0.6 is 0 Å². The van der Waals surface area contributed by atoms with E-state index < -0.39 is 0 Å². The Kier molecular flexibility index (Phi) is 19.0. The maximum Gasteiger partial charge on any atom is 0.249 e. The van der Waals surface area contributed by atoms with Crippen molar-refractivity contribution in [2.45, 2.75) is 93.4 Å². The number of hydrogen-bond acceptors (Lipinski definition) is 3. The second-order valence-electron chi connectivity index (χ2n) is 5.23. The largest absolute Gasteiger partial charge is 0.306 e. The highest BCUT2D eigenvalue weighted by molar-refractivity contribution is 5.76. The number of pyridine rings is 1. The fraction of sp³-hybridized carbons (Fsp3) is 0.667. The van der Waals surface area contributed by atoms with Gasteiger partial charge >= 0.3 is 0 Å². The van der Waals surface area contributed by atoms with Crippen LogP contribution in [0.4, 0.5) is 0 Å². The molecule has 0 unspecified atom stereocenters. The molecule has 1 aliphatic carbocycles. The van der Waals surface area contributed by atoms with Crippen LogP contribution in [0.1, 0.15) is 92.7 Å². The van der Waals surface area contributed by atoms with Gasteiger partial charge in [0.2, 0.25) is 5.56 Å². The number of rotatable bonds is 1. The lowest BCUT2D eigenvalue weighted by Crippen LogP contribution is -2.05. The van der Waals surface area contributed by atoms with Crippen molar-refractivity contribution < 1.29 is 0 Å². The van der Waals surface area contributed by atoms with E-state index in [-0.39, 0.29) is 5.56 Å². The van der Waals surface area contributed by atoms with Gasteiger partial charge in [0, 0.05) is 11.5 Å². The zero-order valence-corrected chi connectivity index (χ0v) is 17.5. The molecule has 1 N–H and O–H groups in total. The van der Waals surface area contributed by atoms with Crippen LogP contribution in [0.15, 0.2) is 23.3 Å². The van der Waals surface area contributed by atoms with Crippen molar-refractivity contribution in [3.8, 4) is 0 Å². The maximum atomic E-state index is 11.0. The third-order valence-electron chi connectivity index (χ3n) is 3.19. The molecular weight excluding hydrogens is 310 g/mol. The van der Waals surface area contributed by atoms with Crippen LogP contribution in [-0.4, -0.2) is 15.0 Å². The molecule has 3 rings (SSSR count). The summed E-state index contributed by atoms with van der Waals surface area (Å²) in [5, 5.41) is 0.921. The molecule has 25 heavy (non-hydrogen) atoms. The van der Waals surface area contributed by atoms with Crippen molar-refractivity contribution in [1.29, 1.82) is 0 Å². The first kappa shape index (κ1) is 25.5. The van der Waals surface area contributed by atoms with Crippen LogP contribution in [-0.2, 0) is 6.42 Å². The molecule has 2 heterocycles. The molecule has 0 saturated heterocycles. The smallest absolute Gasteiger partial charge is 0.249 e. The number of fused-ring (bicyclic) bond motifs is 1. The minimum atomic E-state index is -0.131. The minimum absolute atomic E-state index is 0.131. The normalized spacial score (nSPS) is 11.5. The van der Waals surface area contributed by atoms with E-state index in [9.17, 15) is 4.79 Å². The second-order valence-corrected chi connectivity index (χ2v) is 5.23. The number of nitrogens with zero attached hydrogens (tertiary/aromatic N) is 2. The molecule has 144 valence electrons. The number of nitrogens with one attached hydrogen (secondary N) is 1. The van der Waals surface area contributed by atoms with Crippen molar-refractivity contribution in [3.05, 3.63) is 34.5 Å². The molecule has 1 fully saturated rings. The van der Waals surface area contributed by atoms with Gasteiger partial charge in [0.15, 0.2) is 0 Å². The van der Waals surface area contributed by atoms with E-state index in [1.54, 1.807) is 6.07 Å². The fourth-order valence-corrected chi connectivity index (χ4v) is 2.19. The van der Waals surface area contributed by atoms with Gasteiger partial charge in [-0.2, -0.15) is 0 Å². The van der Waals surface area contributed by atoms with E-state index in [0.717, 1.165) is 17.5 Å². The number of hydrogen-bond donors (Lipinski definition) is 1. The molecule has 4 heteroatoms. The SMILES string of the molecule is C1CCCC1.CC.CC.CCC.CCc1ncnc2[nH]c(=O)ccc12. The number of H-pyrrole nitrogens is 1. The highest BCUT2D eigenvalue weighted by atomic mass is 16.1. The van der Waals surface area contributed by atoms with E-state index >= 15 is 0 Å². The summed E-state index contributed by atoms with van der Waals surface area (Å²) in [7, 11) is 0. The van der Waals surface area contributed by atoms with Gasteiger partial charge in [-0.15, -0.1) is 0 Å². The van der Waals surface area contributed by atoms with Gasteiger partial charge in [-0.05, 0) is 12.5 Å². The molecule has 0 amide bonds. The molecular formula is C21H39N3O. The lowest BCUT2D eigenvalue weighted by atomic mass is 10.2. The van der Waals surface area contributed by atoms with Gasteiger partial charge < -0.3 is 4.98 Å². The zero-order chi connectivity index (χ0) is 19.5. The molecule has 4 nitrogen and oxygen atoms in total. The van der Waals surface area contributed by atoms with Crippen molar-refractivity contribution >= 4 is 11.0 Å². The van der Waals surface area contributed by atoms with Crippen molar-refractivity contribution in [2.24, 2.45) is 0 Å². The minimum Gasteiger partial charge on any atom is -0.306 e. The van der Waals surface area contributed by atoms with Crippen molar-refractivity contribution in [2.75, 3.05) is 0 Å². The lowest BCUT2D eigenvalue weighted by molar-refractivity contribution is 0.886. The standard InChI is InChI=1S/C9H9N3O.C5H10.C3H8.2C2H6/c1-2-7-6-3-4-8(13)12-9(6)11-5-10-7;1-2-4-5-3-1;1-3-2;2*1-2/h3-5H,2H2,1H3,(H,10,11,12,13);1-5H2;3H2,1-2H3;2*1-2H3. The Morgan fingerprint density at radius 1 is 0.880 bits per heavy atom. The summed E-state index contributed by atoms with van der Waals surface area (Å²) >= 11 is 0. The van der Waals surface area contributed by atoms with E-state index in [2.05, 4.69) is 28.8 Å². The van der Waals surface area contributed by atoms with E-state index in [1.165, 1.54) is 50.9 Å². The first-order chi connectivity index (χ1) is 12.2. The summed E-state index contributed by atoms with van der Waals surface area (Å²) < 4.78 is 0. The molecule has 0 aliphatic heterocycles. The van der Waals surface area contributed by atoms with E-state index in [1.807, 2.05) is 34.6 Å². The maximum absolute atomic E-state index is 11.0. The van der Waals surface area contributed by atoms with Crippen molar-refractivity contribution in [3.63, 3.8) is 0 Å². The topological polar surface area (TPSA) is 58.6 Å². The van der Waals surface area contributed by atoms with Crippen molar-refractivity contribution in [1.82, 2.24) is 15.0 Å². The Balaban J connectivity index is 0. The summed E-state index contributed by atoms with van der Waals surface area (Å²) in [6.45, 7) is 14.3. The molecule has 2 aromatic rings. The molecule has 1 aliphatic rings. The first-order valence-corrected chi connectivity index (χ1v) is 10.1. The second kappa shape index (κ2) is 18.6. The Labute approximate surface area is 154 Å². The van der Waals surface area contributed by atoms with Gasteiger partial charge in [-0.25, -0.2) is 9.97 Å². The summed E-state index contributed by atoms with van der Waals surface area (Å²) in [5.41, 5.74) is 1.44. The van der Waals surface area contributed by atoms with Gasteiger partial charge in [0.05, 0.1) is 5.69 Å². The van der Waals surface area contributed by atoms with Gasteiger partial charge in [-0.1, -0.05) is 87.0 Å². The molecule has 0 bridgehead atoms. The van der Waals surface area contributed by atoms with Crippen LogP contribution in [0.25, 0.3) is 11.0 Å². The molecule has 1 saturated carbocycles. The highest BCUT2D eigenvalue weighted by Gasteiger charge is 2.00. The molecule has 2 aromatic heterocycles. The zero-order valence-electron chi connectivity index (χ0n) is 17.5. The average Bonchev–Trinajstić information content (AvgIpc) is 3.25. The third-order valence-corrected chi connectivity index (χ3v) is 3.19. The summed E-state index contributed by atoms with van der Waals surface area (Å²) in [4.78, 5) is 21.7. The lowest BCUT2D eigenvalue weighted by Gasteiger charge is -1.99. The Morgan fingerprint density at radius 3 is 1.80 bits per heavy atom. The third kappa shape index (κ3) is 11.5. The first-order valence-electron chi connectivity index (χ1n) is 10.1. The molecule has 0 aromatic carbocycles. The Bertz CT molecular complexity index is 567. The highest BCUT2D eigenvalue weighted by Crippen LogP contribution is 2.15. The molecule has 0 atom stereocenters. The van der Waals surface area contributed by atoms with Crippen LogP contribution < -0.4 is 5.56 Å². The van der Waals surface area contributed by atoms with Gasteiger partial charge in [0.1, 0.15) is 12.0 Å². The fourth-order valence-electron chi connectivity index (χ4n) is 2.19.